The van der Waals surface area contributed by atoms with Crippen LogP contribution in [-0.2, 0) is 14.3 Å². The Kier molecular flexibility index (Phi) is 5.63. The van der Waals surface area contributed by atoms with Gasteiger partial charge in [-0.3, -0.25) is 4.79 Å². The number of benzene rings is 1. The molecule has 0 radical (unpaired) electrons. The normalized spacial score (nSPS) is 23.7. The summed E-state index contributed by atoms with van der Waals surface area (Å²) in [5, 5.41) is 30.5. The van der Waals surface area contributed by atoms with Crippen molar-refractivity contribution in [3.8, 4) is 17.2 Å². The van der Waals surface area contributed by atoms with Gasteiger partial charge in [0.05, 0.1) is 7.11 Å². The van der Waals surface area contributed by atoms with E-state index in [1.165, 1.54) is 27.0 Å². The largest absolute Gasteiger partial charge is 0.504 e. The zero-order valence-corrected chi connectivity index (χ0v) is 17.2. The number of ketones is 1. The maximum absolute atomic E-state index is 13.1. The molecule has 0 saturated carbocycles. The fourth-order valence-corrected chi connectivity index (χ4v) is 3.63. The maximum Gasteiger partial charge on any atom is 0.343 e. The number of aryl methyl sites for hydroxylation is 1. The molecule has 2 atom stereocenters. The molecule has 1 aliphatic heterocycles. The minimum absolute atomic E-state index is 0.00649. The van der Waals surface area contributed by atoms with Crippen LogP contribution in [-0.4, -0.2) is 52.5 Å². The van der Waals surface area contributed by atoms with Crippen molar-refractivity contribution in [1.29, 1.82) is 0 Å². The van der Waals surface area contributed by atoms with Gasteiger partial charge in [0.2, 0.25) is 11.5 Å². The summed E-state index contributed by atoms with van der Waals surface area (Å²) in [5.41, 5.74) is -0.759. The molecule has 1 heterocycles. The third kappa shape index (κ3) is 3.43. The number of hydrogen-bond acceptors (Lipinski definition) is 8. The molecule has 1 aliphatic carbocycles. The Bertz CT molecular complexity index is 1000. The molecule has 0 saturated heterocycles. The van der Waals surface area contributed by atoms with Gasteiger partial charge in [-0.2, -0.15) is 0 Å². The highest BCUT2D eigenvalue weighted by molar-refractivity contribution is 6.07. The number of methoxy groups -OCH3 is 1. The van der Waals surface area contributed by atoms with Crippen LogP contribution in [0.3, 0.4) is 0 Å². The first-order valence-corrected chi connectivity index (χ1v) is 9.39. The highest BCUT2D eigenvalue weighted by Crippen LogP contribution is 2.42. The van der Waals surface area contributed by atoms with E-state index in [9.17, 15) is 24.9 Å². The number of esters is 1. The lowest BCUT2D eigenvalue weighted by Crippen LogP contribution is -2.54. The SMILES string of the molecule is C/C=C\C1=CC2=C(CO1)C(=O)[C@](C)(OC(=O)c1c(C)cc(O)c(O)c1OC)[C@H](O)C2. The van der Waals surface area contributed by atoms with Gasteiger partial charge < -0.3 is 29.5 Å². The first-order valence-electron chi connectivity index (χ1n) is 9.39. The van der Waals surface area contributed by atoms with E-state index in [-0.39, 0.29) is 29.9 Å². The summed E-state index contributed by atoms with van der Waals surface area (Å²) >= 11 is 0. The smallest absolute Gasteiger partial charge is 0.343 e. The maximum atomic E-state index is 13.1. The molecular formula is C22H24O8. The molecule has 0 bridgehead atoms. The molecule has 1 aromatic rings. The summed E-state index contributed by atoms with van der Waals surface area (Å²) in [4.78, 5) is 26.1. The summed E-state index contributed by atoms with van der Waals surface area (Å²) in [5.74, 6) is -2.31. The summed E-state index contributed by atoms with van der Waals surface area (Å²) < 4.78 is 16.1. The number of ether oxygens (including phenoxy) is 3. The molecule has 160 valence electrons. The zero-order chi connectivity index (χ0) is 22.2. The fraction of sp³-hybridized carbons (Fsp3) is 0.364. The molecule has 8 heteroatoms. The van der Waals surface area contributed by atoms with Crippen LogP contribution in [0.25, 0.3) is 0 Å². The third-order valence-electron chi connectivity index (χ3n) is 5.34. The standard InChI is InChI=1S/C22H24O8/c1-5-6-13-8-12-9-16(24)22(3,20(26)14(12)10-29-13)30-21(27)17-11(2)7-15(23)18(25)19(17)28-4/h5-8,16,23-25H,9-10H2,1-4H3/b6-5-/t16-,22-/m1/s1. The van der Waals surface area contributed by atoms with Crippen molar-refractivity contribution in [2.45, 2.75) is 38.9 Å². The lowest BCUT2D eigenvalue weighted by molar-refractivity contribution is -0.147. The Morgan fingerprint density at radius 1 is 1.37 bits per heavy atom. The van der Waals surface area contributed by atoms with E-state index in [1.807, 2.05) is 6.92 Å². The minimum Gasteiger partial charge on any atom is -0.504 e. The van der Waals surface area contributed by atoms with Crippen molar-refractivity contribution in [1.82, 2.24) is 0 Å². The number of carbonyl (C=O) groups excluding carboxylic acids is 2. The third-order valence-corrected chi connectivity index (χ3v) is 5.34. The number of hydrogen-bond donors (Lipinski definition) is 3. The summed E-state index contributed by atoms with van der Waals surface area (Å²) in [6.45, 7) is 4.70. The second kappa shape index (κ2) is 7.87. The fourth-order valence-electron chi connectivity index (χ4n) is 3.63. The van der Waals surface area contributed by atoms with Crippen LogP contribution in [0.15, 0.2) is 41.2 Å². The van der Waals surface area contributed by atoms with Gasteiger partial charge in [-0.25, -0.2) is 4.79 Å². The van der Waals surface area contributed by atoms with E-state index in [0.717, 1.165) is 0 Å². The Balaban J connectivity index is 1.97. The van der Waals surface area contributed by atoms with Gasteiger partial charge in [0.25, 0.3) is 0 Å². The van der Waals surface area contributed by atoms with Crippen molar-refractivity contribution in [2.24, 2.45) is 0 Å². The molecule has 0 unspecified atom stereocenters. The van der Waals surface area contributed by atoms with E-state index in [1.54, 1.807) is 18.2 Å². The first-order chi connectivity index (χ1) is 14.1. The number of aliphatic hydroxyl groups is 1. The Hall–Kier alpha value is -3.26. The average Bonchev–Trinajstić information content (AvgIpc) is 2.69. The van der Waals surface area contributed by atoms with E-state index in [0.29, 0.717) is 16.9 Å². The summed E-state index contributed by atoms with van der Waals surface area (Å²) in [6, 6.07) is 1.18. The van der Waals surface area contributed by atoms with Crippen LogP contribution in [0.5, 0.6) is 17.2 Å². The molecule has 8 nitrogen and oxygen atoms in total. The number of Topliss-reactive ketones (excluding diaryl/α,β-unsaturated/α-hetero) is 1. The summed E-state index contributed by atoms with van der Waals surface area (Å²) in [6.07, 6.45) is 4.05. The Morgan fingerprint density at radius 3 is 2.70 bits per heavy atom. The molecule has 0 aromatic heterocycles. The Labute approximate surface area is 173 Å². The van der Waals surface area contributed by atoms with Crippen LogP contribution in [0.1, 0.15) is 36.2 Å². The van der Waals surface area contributed by atoms with Gasteiger partial charge in [-0.05, 0) is 50.1 Å². The van der Waals surface area contributed by atoms with Gasteiger partial charge in [-0.15, -0.1) is 0 Å². The molecule has 0 spiro atoms. The number of rotatable bonds is 4. The summed E-state index contributed by atoms with van der Waals surface area (Å²) in [7, 11) is 1.22. The monoisotopic (exact) mass is 416 g/mol. The minimum atomic E-state index is -1.85. The van der Waals surface area contributed by atoms with Gasteiger partial charge in [-0.1, -0.05) is 6.08 Å². The lowest BCUT2D eigenvalue weighted by Gasteiger charge is -2.39. The second-order valence-corrected chi connectivity index (χ2v) is 7.35. The number of carbonyl (C=O) groups is 2. The topological polar surface area (TPSA) is 123 Å². The van der Waals surface area contributed by atoms with Crippen molar-refractivity contribution in [3.63, 3.8) is 0 Å². The number of allylic oxidation sites excluding steroid dienone is 3. The Morgan fingerprint density at radius 2 is 2.07 bits per heavy atom. The van der Waals surface area contributed by atoms with Crippen molar-refractivity contribution < 1.29 is 39.1 Å². The van der Waals surface area contributed by atoms with Gasteiger partial charge in [0.1, 0.15) is 24.0 Å². The number of aromatic hydroxyl groups is 2. The number of phenols is 2. The van der Waals surface area contributed by atoms with Gasteiger partial charge in [0.15, 0.2) is 17.1 Å². The second-order valence-electron chi connectivity index (χ2n) is 7.35. The van der Waals surface area contributed by atoms with Gasteiger partial charge >= 0.3 is 5.97 Å². The molecular weight excluding hydrogens is 392 g/mol. The van der Waals surface area contributed by atoms with Crippen molar-refractivity contribution in [3.05, 3.63) is 52.3 Å². The molecule has 30 heavy (non-hydrogen) atoms. The van der Waals surface area contributed by atoms with Gasteiger partial charge in [0, 0.05) is 12.0 Å². The van der Waals surface area contributed by atoms with E-state index < -0.39 is 35.0 Å². The predicted molar refractivity (Wildman–Crippen MR) is 106 cm³/mol. The van der Waals surface area contributed by atoms with Crippen LogP contribution in [0.2, 0.25) is 0 Å². The first kappa shape index (κ1) is 21.4. The molecule has 0 fully saturated rings. The molecule has 3 rings (SSSR count). The van der Waals surface area contributed by atoms with E-state index in [2.05, 4.69) is 0 Å². The van der Waals surface area contributed by atoms with Crippen LogP contribution in [0.4, 0.5) is 0 Å². The molecule has 0 amide bonds. The van der Waals surface area contributed by atoms with Crippen LogP contribution >= 0.6 is 0 Å². The molecule has 3 N–H and O–H groups in total. The van der Waals surface area contributed by atoms with Crippen molar-refractivity contribution >= 4 is 11.8 Å². The zero-order valence-electron chi connectivity index (χ0n) is 17.2. The van der Waals surface area contributed by atoms with Crippen molar-refractivity contribution in [2.75, 3.05) is 13.7 Å². The number of phenolic OH excluding ortho intramolecular Hbond substituents is 2. The lowest BCUT2D eigenvalue weighted by atomic mass is 9.77. The molecule has 2 aliphatic rings. The highest BCUT2D eigenvalue weighted by atomic mass is 16.6. The van der Waals surface area contributed by atoms with Crippen LogP contribution < -0.4 is 4.74 Å². The van der Waals surface area contributed by atoms with E-state index >= 15 is 0 Å². The van der Waals surface area contributed by atoms with E-state index in [4.69, 9.17) is 14.2 Å². The van der Waals surface area contributed by atoms with Crippen LogP contribution in [0, 0.1) is 6.92 Å². The quantitative estimate of drug-likeness (QED) is 0.505. The molecule has 1 aromatic carbocycles. The predicted octanol–water partition coefficient (Wildman–Crippen LogP) is 2.45. The highest BCUT2D eigenvalue weighted by Gasteiger charge is 2.50. The average molecular weight is 416 g/mol. The number of aliphatic hydroxyl groups excluding tert-OH is 1.